The molecular formula is C39H40ClN3O5. The minimum absolute atomic E-state index is 0.128. The molecule has 6 rings (SSSR count). The van der Waals surface area contributed by atoms with Crippen molar-refractivity contribution in [2.24, 2.45) is 5.41 Å². The number of carbonyl (C=O) groups is 1. The van der Waals surface area contributed by atoms with Gasteiger partial charge in [-0.25, -0.2) is 0 Å². The van der Waals surface area contributed by atoms with Gasteiger partial charge in [-0.05, 0) is 79.1 Å². The molecule has 9 heteroatoms. The molecule has 2 aliphatic rings. The number of aromatic nitrogens is 1. The zero-order chi connectivity index (χ0) is 33.5. The van der Waals surface area contributed by atoms with Crippen LogP contribution in [0.15, 0.2) is 67.0 Å². The molecule has 48 heavy (non-hydrogen) atoms. The van der Waals surface area contributed by atoms with E-state index in [2.05, 4.69) is 41.9 Å². The molecule has 0 atom stereocenters. The maximum absolute atomic E-state index is 11.8. The van der Waals surface area contributed by atoms with E-state index in [1.807, 2.05) is 24.3 Å². The zero-order valence-corrected chi connectivity index (χ0v) is 28.2. The molecule has 0 N–H and O–H groups in total. The van der Waals surface area contributed by atoms with Crippen molar-refractivity contribution < 1.29 is 23.7 Å². The van der Waals surface area contributed by atoms with Crippen LogP contribution in [0, 0.1) is 30.6 Å². The van der Waals surface area contributed by atoms with Crippen LogP contribution in [-0.2, 0) is 18.0 Å². The summed E-state index contributed by atoms with van der Waals surface area (Å²) in [6.45, 7) is 10.4. The van der Waals surface area contributed by atoms with E-state index in [4.69, 9.17) is 35.8 Å². The topological polar surface area (TPSA) is 93.9 Å². The van der Waals surface area contributed by atoms with Gasteiger partial charge in [0.15, 0.2) is 6.29 Å². The van der Waals surface area contributed by atoms with E-state index in [0.717, 1.165) is 72.8 Å². The van der Waals surface area contributed by atoms with Crippen molar-refractivity contribution in [3.8, 4) is 34.4 Å². The van der Waals surface area contributed by atoms with E-state index in [1.165, 1.54) is 25.1 Å². The molecule has 0 aliphatic carbocycles. The summed E-state index contributed by atoms with van der Waals surface area (Å²) in [5.74, 6) is 1.63. The van der Waals surface area contributed by atoms with Gasteiger partial charge < -0.3 is 23.8 Å². The van der Waals surface area contributed by atoms with Crippen LogP contribution < -0.4 is 14.2 Å². The highest BCUT2D eigenvalue weighted by atomic mass is 35.5. The number of hydrogen-bond acceptors (Lipinski definition) is 8. The van der Waals surface area contributed by atoms with E-state index in [-0.39, 0.29) is 13.2 Å². The highest BCUT2D eigenvalue weighted by molar-refractivity contribution is 6.32. The van der Waals surface area contributed by atoms with Crippen molar-refractivity contribution in [3.63, 3.8) is 0 Å². The van der Waals surface area contributed by atoms with Crippen molar-refractivity contribution in [2.75, 3.05) is 39.5 Å². The Balaban J connectivity index is 1.08. The molecular weight excluding hydrogens is 626 g/mol. The van der Waals surface area contributed by atoms with Gasteiger partial charge in [-0.2, -0.15) is 5.26 Å². The fourth-order valence-corrected chi connectivity index (χ4v) is 6.93. The lowest BCUT2D eigenvalue weighted by atomic mass is 9.75. The summed E-state index contributed by atoms with van der Waals surface area (Å²) in [6, 6.07) is 19.3. The molecule has 248 valence electrons. The third-order valence-electron chi connectivity index (χ3n) is 9.31. The molecule has 1 spiro atoms. The zero-order valence-electron chi connectivity index (χ0n) is 27.5. The van der Waals surface area contributed by atoms with Gasteiger partial charge in [-0.15, -0.1) is 0 Å². The summed E-state index contributed by atoms with van der Waals surface area (Å²) in [4.78, 5) is 18.4. The lowest BCUT2D eigenvalue weighted by Gasteiger charge is -2.52. The first-order valence-electron chi connectivity index (χ1n) is 16.4. The summed E-state index contributed by atoms with van der Waals surface area (Å²) in [5, 5.41) is 9.46. The first kappa shape index (κ1) is 33.5. The van der Waals surface area contributed by atoms with Gasteiger partial charge in [0.25, 0.3) is 0 Å². The molecule has 0 amide bonds. The maximum Gasteiger partial charge on any atom is 0.153 e. The second-order valence-corrected chi connectivity index (χ2v) is 13.2. The van der Waals surface area contributed by atoms with Crippen molar-refractivity contribution in [3.05, 3.63) is 105 Å². The Labute approximate surface area is 287 Å². The number of likely N-dealkylation sites (tertiary alicyclic amines) is 1. The van der Waals surface area contributed by atoms with Gasteiger partial charge >= 0.3 is 0 Å². The van der Waals surface area contributed by atoms with E-state index in [1.54, 1.807) is 18.3 Å². The molecule has 2 saturated heterocycles. The minimum Gasteiger partial charge on any atom is -0.493 e. The number of nitriles is 1. The number of nitrogens with zero attached hydrogens (tertiary/aromatic N) is 3. The normalized spacial score (nSPS) is 15.4. The van der Waals surface area contributed by atoms with Gasteiger partial charge in [-0.1, -0.05) is 41.9 Å². The van der Waals surface area contributed by atoms with Crippen LogP contribution in [0.4, 0.5) is 0 Å². The van der Waals surface area contributed by atoms with Gasteiger partial charge in [0.1, 0.15) is 36.5 Å². The van der Waals surface area contributed by atoms with Gasteiger partial charge in [0, 0.05) is 55.7 Å². The number of pyridine rings is 1. The molecule has 8 nitrogen and oxygen atoms in total. The van der Waals surface area contributed by atoms with E-state index >= 15 is 0 Å². The van der Waals surface area contributed by atoms with Gasteiger partial charge in [0.2, 0.25) is 0 Å². The molecule has 4 aromatic rings. The molecule has 0 saturated carbocycles. The van der Waals surface area contributed by atoms with Crippen LogP contribution in [0.1, 0.15) is 57.4 Å². The van der Waals surface area contributed by atoms with Gasteiger partial charge in [-0.3, -0.25) is 9.78 Å². The number of carbonyl (C=O) groups excluding carboxylic acids is 1. The molecule has 2 aliphatic heterocycles. The number of aldehydes is 1. The van der Waals surface area contributed by atoms with E-state index in [9.17, 15) is 4.79 Å². The quantitative estimate of drug-likeness (QED) is 0.106. The summed E-state index contributed by atoms with van der Waals surface area (Å²) >= 11 is 6.52. The molecule has 0 radical (unpaired) electrons. The highest BCUT2D eigenvalue weighted by Gasteiger charge is 2.43. The monoisotopic (exact) mass is 665 g/mol. The van der Waals surface area contributed by atoms with Crippen LogP contribution in [0.3, 0.4) is 0 Å². The first-order valence-corrected chi connectivity index (χ1v) is 16.8. The smallest absolute Gasteiger partial charge is 0.153 e. The average Bonchev–Trinajstić information content (AvgIpc) is 3.09. The first-order chi connectivity index (χ1) is 23.4. The fourth-order valence-electron chi connectivity index (χ4n) is 6.71. The van der Waals surface area contributed by atoms with Crippen LogP contribution in [-0.4, -0.2) is 55.6 Å². The molecule has 2 fully saturated rings. The number of ether oxygens (including phenoxy) is 4. The second kappa shape index (κ2) is 15.2. The van der Waals surface area contributed by atoms with Crippen molar-refractivity contribution in [1.82, 2.24) is 9.88 Å². The fraction of sp³-hybridized carbons (Fsp3) is 0.359. The number of hydrogen-bond donors (Lipinski definition) is 0. The molecule has 3 aromatic carbocycles. The summed E-state index contributed by atoms with van der Waals surface area (Å²) in [7, 11) is 0. The van der Waals surface area contributed by atoms with Crippen LogP contribution in [0.5, 0.6) is 17.2 Å². The highest BCUT2D eigenvalue weighted by Crippen LogP contribution is 2.38. The van der Waals surface area contributed by atoms with Crippen molar-refractivity contribution in [1.29, 1.82) is 5.26 Å². The Hall–Kier alpha value is -4.42. The van der Waals surface area contributed by atoms with E-state index < -0.39 is 0 Å². The standard InChI is InChI=1S/C39H40ClN3O5/c1-27-31(23-48-38-17-37(32(21-44)16-35(38)40)47-22-30-15-29(18-41)19-42-20-30)7-3-8-33(27)34-9-4-10-36(28(34)2)46-14-6-12-43-24-39(25-43)11-5-13-45-26-39/h3-4,7-10,15-17,19-21H,5-6,11-14,22-26H2,1-2H3. The number of rotatable bonds is 13. The Morgan fingerprint density at radius 1 is 0.979 bits per heavy atom. The average molecular weight is 666 g/mol. The molecule has 3 heterocycles. The Morgan fingerprint density at radius 3 is 2.54 bits per heavy atom. The Kier molecular flexibility index (Phi) is 10.6. The van der Waals surface area contributed by atoms with Crippen LogP contribution in [0.25, 0.3) is 11.1 Å². The van der Waals surface area contributed by atoms with Gasteiger partial charge in [0.05, 0.1) is 29.4 Å². The maximum atomic E-state index is 11.8. The van der Waals surface area contributed by atoms with Crippen molar-refractivity contribution >= 4 is 17.9 Å². The molecule has 1 aromatic heterocycles. The van der Waals surface area contributed by atoms with Crippen LogP contribution >= 0.6 is 11.6 Å². The summed E-state index contributed by atoms with van der Waals surface area (Å²) in [5.41, 5.74) is 7.27. The Morgan fingerprint density at radius 2 is 1.77 bits per heavy atom. The Bertz CT molecular complexity index is 1810. The van der Waals surface area contributed by atoms with Crippen molar-refractivity contribution in [2.45, 2.75) is 46.3 Å². The number of halogens is 1. The second-order valence-electron chi connectivity index (χ2n) is 12.8. The molecule has 0 bridgehead atoms. The largest absolute Gasteiger partial charge is 0.493 e. The molecule has 0 unspecified atom stereocenters. The third-order valence-corrected chi connectivity index (χ3v) is 9.61. The number of benzene rings is 3. The third kappa shape index (κ3) is 7.65. The predicted octanol–water partition coefficient (Wildman–Crippen LogP) is 7.74. The lowest BCUT2D eigenvalue weighted by molar-refractivity contribution is -0.101. The minimum atomic E-state index is 0.128. The van der Waals surface area contributed by atoms with Crippen LogP contribution in [0.2, 0.25) is 5.02 Å². The predicted molar refractivity (Wildman–Crippen MR) is 185 cm³/mol. The SMILES string of the molecule is Cc1c(COc2cc(OCc3cncc(C#N)c3)c(C=O)cc2Cl)cccc1-c1cccc(OCCCN2CC3(CCCOC3)C2)c1C. The summed E-state index contributed by atoms with van der Waals surface area (Å²) < 4.78 is 24.1. The van der Waals surface area contributed by atoms with E-state index in [0.29, 0.717) is 51.5 Å². The lowest BCUT2D eigenvalue weighted by Crippen LogP contribution is -2.59. The summed E-state index contributed by atoms with van der Waals surface area (Å²) in [6.07, 6.45) is 7.25.